The van der Waals surface area contributed by atoms with Gasteiger partial charge >= 0.3 is 0 Å². The Morgan fingerprint density at radius 3 is 0.238 bits per heavy atom. The van der Waals surface area contributed by atoms with Crippen LogP contribution in [0.2, 0.25) is 0 Å². The van der Waals surface area contributed by atoms with E-state index >= 15 is 0 Å². The highest BCUT2D eigenvalue weighted by atomic mass is 14.2. The summed E-state index contributed by atoms with van der Waals surface area (Å²) in [5.74, 6) is 0. The summed E-state index contributed by atoms with van der Waals surface area (Å²) in [7, 11) is 0. The summed E-state index contributed by atoms with van der Waals surface area (Å²) in [6.07, 6.45) is 0. The largest absolute Gasteiger partial charge is 0.0514 e. The number of rotatable bonds is 0. The molecule has 0 spiro atoms. The SMILES string of the molecule is Cc1cc2cc(c1)-c1cc(C)cc(c1)-c1cc(C)cc(c1)-c1cc(C)cc(c1)-c1cc(C)cc(c1)-c1cc(C)cc(c1)-c1cc(C)cc(c1)-c1cc(C)cc(c1)-c1cc(C)cc-2c1. The summed E-state index contributed by atoms with van der Waals surface area (Å²) in [4.78, 5) is 0. The Hall–Kier alpha value is -7.02. The van der Waals surface area contributed by atoms with Crippen LogP contribution in [0, 0.1) is 62.3 Å². The molecule has 0 aliphatic heterocycles. The second-order valence-corrected chi connectivity index (χ2v) is 18.8. The first-order valence-corrected chi connectivity index (χ1v) is 22.3. The summed E-state index contributed by atoms with van der Waals surface area (Å²) < 4.78 is 0. The third kappa shape index (κ3) is 8.22. The zero-order valence-corrected chi connectivity index (χ0v) is 38.1. The van der Waals surface area contributed by atoms with Crippen molar-refractivity contribution in [3.8, 4) is 100 Å². The second-order valence-electron chi connectivity index (χ2n) is 18.8. The fourth-order valence-electron chi connectivity index (χ4n) is 10.0. The minimum absolute atomic E-state index is 1.23. The molecule has 0 unspecified atom stereocenters. The summed E-state index contributed by atoms with van der Waals surface area (Å²) in [5.41, 5.74) is 33.5. The summed E-state index contributed by atoms with van der Waals surface area (Å²) in [6.45, 7) is 20.0. The number of hydrogen-bond donors (Lipinski definition) is 0. The van der Waals surface area contributed by atoms with Crippen LogP contribution in [0.25, 0.3) is 100 Å². The van der Waals surface area contributed by atoms with Gasteiger partial charge in [0.2, 0.25) is 0 Å². The van der Waals surface area contributed by atoms with E-state index in [0.29, 0.717) is 0 Å². The van der Waals surface area contributed by atoms with Gasteiger partial charge in [-0.1, -0.05) is 109 Å². The van der Waals surface area contributed by atoms with E-state index in [1.54, 1.807) is 0 Å². The Balaban J connectivity index is 1.23. The van der Waals surface area contributed by atoms with Crippen LogP contribution in [0.4, 0.5) is 0 Å². The first-order chi connectivity index (χ1) is 30.2. The minimum Gasteiger partial charge on any atom is -0.0514 e. The van der Waals surface area contributed by atoms with E-state index in [4.69, 9.17) is 0 Å². The van der Waals surface area contributed by atoms with Gasteiger partial charge in [-0.05, 0) is 267 Å². The first-order valence-electron chi connectivity index (χ1n) is 22.3. The molecule has 0 amide bonds. The molecule has 0 N–H and O–H groups in total. The lowest BCUT2D eigenvalue weighted by Gasteiger charge is -2.15. The van der Waals surface area contributed by atoms with Gasteiger partial charge in [0.1, 0.15) is 0 Å². The Kier molecular flexibility index (Phi) is 9.99. The van der Waals surface area contributed by atoms with Gasteiger partial charge in [-0.15, -0.1) is 0 Å². The molecule has 0 fully saturated rings. The molecule has 9 aromatic carbocycles. The molecule has 63 heavy (non-hydrogen) atoms. The number of fused-ring (bicyclic) bond motifs is 27. The van der Waals surface area contributed by atoms with E-state index in [0.717, 1.165) is 0 Å². The Morgan fingerprint density at radius 2 is 0.175 bits per heavy atom. The van der Waals surface area contributed by atoms with E-state index in [9.17, 15) is 0 Å². The van der Waals surface area contributed by atoms with Crippen molar-refractivity contribution in [3.05, 3.63) is 214 Å². The molecule has 1 aliphatic rings. The maximum atomic E-state index is 2.38. The predicted molar refractivity (Wildman–Crippen MR) is 272 cm³/mol. The van der Waals surface area contributed by atoms with Gasteiger partial charge in [0.05, 0.1) is 0 Å². The average molecular weight is 811 g/mol. The van der Waals surface area contributed by atoms with E-state index in [1.807, 2.05) is 0 Å². The number of aryl methyl sites for hydroxylation is 9. The first kappa shape index (κ1) is 40.1. The molecule has 0 heteroatoms. The van der Waals surface area contributed by atoms with Crippen molar-refractivity contribution in [2.45, 2.75) is 62.3 Å². The molecule has 306 valence electrons. The zero-order chi connectivity index (χ0) is 43.7. The second kappa shape index (κ2) is 15.7. The molecular weight excluding hydrogens is 757 g/mol. The number of benzene rings is 9. The quantitative estimate of drug-likeness (QED) is 0.143. The van der Waals surface area contributed by atoms with Crippen molar-refractivity contribution >= 4 is 0 Å². The molecule has 0 aromatic heterocycles. The zero-order valence-electron chi connectivity index (χ0n) is 38.1. The molecule has 10 rings (SSSR count). The smallest absolute Gasteiger partial charge is 0.0175 e. The normalized spacial score (nSPS) is 11.6. The van der Waals surface area contributed by atoms with E-state index in [1.165, 1.54) is 150 Å². The van der Waals surface area contributed by atoms with Crippen molar-refractivity contribution in [1.82, 2.24) is 0 Å². The van der Waals surface area contributed by atoms with Crippen LogP contribution in [-0.2, 0) is 0 Å². The summed E-state index contributed by atoms with van der Waals surface area (Å²) >= 11 is 0. The van der Waals surface area contributed by atoms with Gasteiger partial charge in [0, 0.05) is 0 Å². The maximum Gasteiger partial charge on any atom is -0.0175 e. The molecule has 0 saturated carbocycles. The van der Waals surface area contributed by atoms with Gasteiger partial charge < -0.3 is 0 Å². The van der Waals surface area contributed by atoms with E-state index in [-0.39, 0.29) is 0 Å². The maximum absolute atomic E-state index is 2.38. The summed E-state index contributed by atoms with van der Waals surface area (Å²) in [5, 5.41) is 0. The fraction of sp³-hybridized carbons (Fsp3) is 0.143. The van der Waals surface area contributed by atoms with Crippen molar-refractivity contribution in [3.63, 3.8) is 0 Å². The predicted octanol–water partition coefficient (Wildman–Crippen LogP) is 17.8. The molecule has 0 saturated heterocycles. The van der Waals surface area contributed by atoms with Crippen molar-refractivity contribution in [2.75, 3.05) is 0 Å². The molecule has 0 nitrogen and oxygen atoms in total. The molecule has 18 bridgehead atoms. The molecule has 0 radical (unpaired) electrons. The monoisotopic (exact) mass is 810 g/mol. The minimum atomic E-state index is 1.23. The molecule has 1 aliphatic carbocycles. The van der Waals surface area contributed by atoms with Crippen LogP contribution >= 0.6 is 0 Å². The molecule has 0 atom stereocenters. The highest BCUT2D eigenvalue weighted by molar-refractivity contribution is 5.86. The van der Waals surface area contributed by atoms with Gasteiger partial charge in [0.15, 0.2) is 0 Å². The lowest BCUT2D eigenvalue weighted by Crippen LogP contribution is -1.91. The van der Waals surface area contributed by atoms with Gasteiger partial charge in [-0.25, -0.2) is 0 Å². The molecular formula is C63H54. The van der Waals surface area contributed by atoms with Crippen molar-refractivity contribution in [1.29, 1.82) is 0 Å². The Morgan fingerprint density at radius 1 is 0.111 bits per heavy atom. The van der Waals surface area contributed by atoms with Crippen LogP contribution in [0.15, 0.2) is 164 Å². The van der Waals surface area contributed by atoms with Crippen LogP contribution in [-0.4, -0.2) is 0 Å². The molecule has 9 aromatic rings. The Bertz CT molecular complexity index is 2430. The number of hydrogen-bond acceptors (Lipinski definition) is 0. The van der Waals surface area contributed by atoms with Crippen LogP contribution in [0.5, 0.6) is 0 Å². The average Bonchev–Trinajstić information content (AvgIpc) is 3.24. The molecule has 0 heterocycles. The highest BCUT2D eigenvalue weighted by Gasteiger charge is 2.15. The van der Waals surface area contributed by atoms with Crippen molar-refractivity contribution in [2.24, 2.45) is 0 Å². The van der Waals surface area contributed by atoms with Crippen LogP contribution < -0.4 is 0 Å². The van der Waals surface area contributed by atoms with Gasteiger partial charge in [0.25, 0.3) is 0 Å². The topological polar surface area (TPSA) is 0 Å². The standard InChI is InChI=1S/C63H54/c1-37-10-46-28-47(11-37)49-13-39(3)15-51(30-49)53-17-41(5)19-55(32-53)57-21-43(7)23-59(34-57)61-25-45(9)27-63(36-61)62-26-44(8)24-60(35-62)58-22-42(6)20-56(33-58)54-18-40(4)16-52(31-54)50-14-38(2)12-48(46)29-50/h10-36H,1-9H3. The van der Waals surface area contributed by atoms with Crippen LogP contribution in [0.1, 0.15) is 50.1 Å². The lowest BCUT2D eigenvalue weighted by molar-refractivity contribution is 1.41. The van der Waals surface area contributed by atoms with Crippen LogP contribution in [0.3, 0.4) is 0 Å². The summed E-state index contributed by atoms with van der Waals surface area (Å²) in [6, 6.07) is 63.5. The third-order valence-corrected chi connectivity index (χ3v) is 12.7. The third-order valence-electron chi connectivity index (χ3n) is 12.7. The van der Waals surface area contributed by atoms with Gasteiger partial charge in [-0.3, -0.25) is 0 Å². The highest BCUT2D eigenvalue weighted by Crippen LogP contribution is 2.40. The van der Waals surface area contributed by atoms with E-state index < -0.39 is 0 Å². The lowest BCUT2D eigenvalue weighted by atomic mass is 9.89. The van der Waals surface area contributed by atoms with E-state index in [2.05, 4.69) is 226 Å². The Labute approximate surface area is 374 Å². The van der Waals surface area contributed by atoms with Crippen molar-refractivity contribution < 1.29 is 0 Å². The fourth-order valence-corrected chi connectivity index (χ4v) is 10.0. The van der Waals surface area contributed by atoms with Gasteiger partial charge in [-0.2, -0.15) is 0 Å².